The van der Waals surface area contributed by atoms with E-state index < -0.39 is 9.84 Å². The van der Waals surface area contributed by atoms with Gasteiger partial charge in [0.25, 0.3) is 0 Å². The molecule has 1 heterocycles. The van der Waals surface area contributed by atoms with Crippen LogP contribution in [0.4, 0.5) is 0 Å². The Kier molecular flexibility index (Phi) is 3.99. The molecule has 1 aromatic carbocycles. The normalized spacial score (nSPS) is 18.3. The van der Waals surface area contributed by atoms with Gasteiger partial charge in [-0.15, -0.1) is 0 Å². The third-order valence-corrected chi connectivity index (χ3v) is 4.49. The summed E-state index contributed by atoms with van der Waals surface area (Å²) in [7, 11) is -1.02. The number of benzene rings is 1. The van der Waals surface area contributed by atoms with Crippen LogP contribution in [0.15, 0.2) is 29.2 Å². The molecule has 0 spiro atoms. The van der Waals surface area contributed by atoms with Gasteiger partial charge in [0, 0.05) is 24.8 Å². The van der Waals surface area contributed by atoms with E-state index in [9.17, 15) is 8.42 Å². The summed E-state index contributed by atoms with van der Waals surface area (Å²) in [6.45, 7) is 5.68. The van der Waals surface area contributed by atoms with Crippen molar-refractivity contribution in [3.05, 3.63) is 29.8 Å². The Hall–Kier alpha value is -0.910. The average Bonchev–Trinajstić information content (AvgIpc) is 2.26. The highest BCUT2D eigenvalue weighted by Gasteiger charge is 2.34. The van der Waals surface area contributed by atoms with Gasteiger partial charge in [-0.3, -0.25) is 0 Å². The smallest absolute Gasteiger partial charge is 0.175 e. The predicted molar refractivity (Wildman–Crippen MR) is 74.8 cm³/mol. The highest BCUT2D eigenvalue weighted by atomic mass is 32.2. The fourth-order valence-corrected chi connectivity index (χ4v) is 3.03. The van der Waals surface area contributed by atoms with Gasteiger partial charge >= 0.3 is 0 Å². The van der Waals surface area contributed by atoms with Gasteiger partial charge in [0.05, 0.1) is 18.1 Å². The molecule has 106 valence electrons. The van der Waals surface area contributed by atoms with Crippen LogP contribution in [0, 0.1) is 5.41 Å². The van der Waals surface area contributed by atoms with Gasteiger partial charge in [-0.2, -0.15) is 0 Å². The first-order valence-corrected chi connectivity index (χ1v) is 8.23. The molecular weight excluding hydrogens is 262 g/mol. The monoisotopic (exact) mass is 283 g/mol. The summed E-state index contributed by atoms with van der Waals surface area (Å²) in [5.74, 6) is 0. The Morgan fingerprint density at radius 3 is 2.26 bits per heavy atom. The van der Waals surface area contributed by atoms with Gasteiger partial charge in [-0.25, -0.2) is 8.42 Å². The Bertz CT molecular complexity index is 532. The van der Waals surface area contributed by atoms with Crippen molar-refractivity contribution in [1.82, 2.24) is 4.90 Å². The molecule has 1 saturated heterocycles. The molecule has 0 unspecified atom stereocenters. The summed E-state index contributed by atoms with van der Waals surface area (Å²) in [6, 6.07) is 7.11. The van der Waals surface area contributed by atoms with Crippen LogP contribution < -0.4 is 0 Å². The van der Waals surface area contributed by atoms with Gasteiger partial charge in [-0.05, 0) is 24.7 Å². The maximum atomic E-state index is 11.4. The summed E-state index contributed by atoms with van der Waals surface area (Å²) in [6.07, 6.45) is 1.23. The largest absolute Gasteiger partial charge is 0.380 e. The molecule has 0 N–H and O–H groups in total. The minimum atomic E-state index is -3.10. The van der Waals surface area contributed by atoms with E-state index in [4.69, 9.17) is 4.74 Å². The quantitative estimate of drug-likeness (QED) is 0.823. The van der Waals surface area contributed by atoms with E-state index in [-0.39, 0.29) is 5.41 Å². The molecule has 19 heavy (non-hydrogen) atoms. The number of hydrogen-bond donors (Lipinski definition) is 0. The van der Waals surface area contributed by atoms with E-state index in [1.807, 2.05) is 12.1 Å². The molecule has 0 saturated carbocycles. The van der Waals surface area contributed by atoms with Crippen LogP contribution in [0.2, 0.25) is 0 Å². The van der Waals surface area contributed by atoms with Gasteiger partial charge in [-0.1, -0.05) is 19.1 Å². The third kappa shape index (κ3) is 3.78. The van der Waals surface area contributed by atoms with Crippen LogP contribution in [0.1, 0.15) is 12.5 Å². The molecule has 5 heteroatoms. The summed E-state index contributed by atoms with van der Waals surface area (Å²) in [5, 5.41) is 0. The van der Waals surface area contributed by atoms with Gasteiger partial charge < -0.3 is 9.64 Å². The molecule has 0 radical (unpaired) electrons. The Morgan fingerprint density at radius 1 is 1.26 bits per heavy atom. The van der Waals surface area contributed by atoms with E-state index in [1.54, 1.807) is 12.1 Å². The highest BCUT2D eigenvalue weighted by molar-refractivity contribution is 7.90. The van der Waals surface area contributed by atoms with Crippen molar-refractivity contribution in [2.75, 3.05) is 33.1 Å². The first kappa shape index (κ1) is 14.5. The van der Waals surface area contributed by atoms with E-state index in [2.05, 4.69) is 18.9 Å². The molecular formula is C14H21NO3S. The maximum absolute atomic E-state index is 11.4. The van der Waals surface area contributed by atoms with Crippen LogP contribution in [0.3, 0.4) is 0 Å². The number of ether oxygens (including phenoxy) is 1. The first-order chi connectivity index (χ1) is 8.78. The molecule has 1 fully saturated rings. The molecule has 4 nitrogen and oxygen atoms in total. The molecule has 0 atom stereocenters. The molecule has 1 aliphatic rings. The van der Waals surface area contributed by atoms with Crippen molar-refractivity contribution in [2.24, 2.45) is 5.41 Å². The average molecular weight is 283 g/mol. The Labute approximate surface area is 115 Å². The maximum Gasteiger partial charge on any atom is 0.175 e. The number of rotatable bonds is 5. The lowest BCUT2D eigenvalue weighted by Crippen LogP contribution is -2.47. The van der Waals surface area contributed by atoms with E-state index in [1.165, 1.54) is 6.26 Å². The van der Waals surface area contributed by atoms with E-state index in [0.717, 1.165) is 31.9 Å². The minimum Gasteiger partial charge on any atom is -0.380 e. The molecule has 0 bridgehead atoms. The molecule has 1 aromatic rings. The lowest BCUT2D eigenvalue weighted by atomic mass is 9.88. The van der Waals surface area contributed by atoms with Crippen LogP contribution in [-0.4, -0.2) is 46.4 Å². The number of hydrogen-bond acceptors (Lipinski definition) is 4. The third-order valence-electron chi connectivity index (χ3n) is 3.36. The van der Waals surface area contributed by atoms with Crippen LogP contribution in [0.5, 0.6) is 0 Å². The standard InChI is InChI=1S/C14H21NO3S/c1-14(10-18-11-14)9-15(2)8-12-4-6-13(7-5-12)19(3,16)17/h4-7H,8-11H2,1-3H3. The van der Waals surface area contributed by atoms with Crippen molar-refractivity contribution >= 4 is 9.84 Å². The zero-order chi connectivity index (χ0) is 14.1. The molecule has 0 amide bonds. The fourth-order valence-electron chi connectivity index (χ4n) is 2.40. The molecule has 2 rings (SSSR count). The van der Waals surface area contributed by atoms with Crippen molar-refractivity contribution in [2.45, 2.75) is 18.4 Å². The summed E-state index contributed by atoms with van der Waals surface area (Å²) < 4.78 is 28.0. The van der Waals surface area contributed by atoms with Crippen molar-refractivity contribution in [3.8, 4) is 0 Å². The van der Waals surface area contributed by atoms with Gasteiger partial charge in [0.15, 0.2) is 9.84 Å². The zero-order valence-corrected chi connectivity index (χ0v) is 12.5. The molecule has 0 aliphatic carbocycles. The van der Waals surface area contributed by atoms with Crippen LogP contribution in [0.25, 0.3) is 0 Å². The minimum absolute atomic E-state index is 0.265. The van der Waals surface area contributed by atoms with Crippen LogP contribution >= 0.6 is 0 Å². The lowest BCUT2D eigenvalue weighted by molar-refractivity contribution is -0.113. The number of nitrogens with zero attached hydrogens (tertiary/aromatic N) is 1. The fraction of sp³-hybridized carbons (Fsp3) is 0.571. The molecule has 1 aliphatic heterocycles. The molecule has 0 aromatic heterocycles. The summed E-state index contributed by atoms with van der Waals surface area (Å²) in [5.41, 5.74) is 1.39. The van der Waals surface area contributed by atoms with Crippen molar-refractivity contribution in [3.63, 3.8) is 0 Å². The van der Waals surface area contributed by atoms with Crippen molar-refractivity contribution < 1.29 is 13.2 Å². The summed E-state index contributed by atoms with van der Waals surface area (Å²) >= 11 is 0. The Morgan fingerprint density at radius 2 is 1.84 bits per heavy atom. The summed E-state index contributed by atoms with van der Waals surface area (Å²) in [4.78, 5) is 2.62. The van der Waals surface area contributed by atoms with Gasteiger partial charge in [0.2, 0.25) is 0 Å². The lowest BCUT2D eigenvalue weighted by Gasteiger charge is -2.40. The van der Waals surface area contributed by atoms with E-state index in [0.29, 0.717) is 4.90 Å². The van der Waals surface area contributed by atoms with Gasteiger partial charge in [0.1, 0.15) is 0 Å². The second kappa shape index (κ2) is 5.23. The topological polar surface area (TPSA) is 46.6 Å². The second-order valence-electron chi connectivity index (χ2n) is 5.89. The van der Waals surface area contributed by atoms with Crippen LogP contribution in [-0.2, 0) is 21.1 Å². The highest BCUT2D eigenvalue weighted by Crippen LogP contribution is 2.27. The van der Waals surface area contributed by atoms with Crippen molar-refractivity contribution in [1.29, 1.82) is 0 Å². The predicted octanol–water partition coefficient (Wildman–Crippen LogP) is 1.56. The SMILES string of the molecule is CN(Cc1ccc(S(C)(=O)=O)cc1)CC1(C)COC1. The first-order valence-electron chi connectivity index (χ1n) is 6.34. The number of sulfone groups is 1. The zero-order valence-electron chi connectivity index (χ0n) is 11.7. The Balaban J connectivity index is 1.95. The van der Waals surface area contributed by atoms with E-state index >= 15 is 0 Å². The second-order valence-corrected chi connectivity index (χ2v) is 7.91.